The quantitative estimate of drug-likeness (QED) is 0.730. The third kappa shape index (κ3) is 2.84. The fourth-order valence-corrected chi connectivity index (χ4v) is 2.75. The first-order chi connectivity index (χ1) is 12.0. The van der Waals surface area contributed by atoms with Crippen molar-refractivity contribution in [3.8, 4) is 17.4 Å². The summed E-state index contributed by atoms with van der Waals surface area (Å²) in [6.07, 6.45) is 0.345. The first-order valence-electron chi connectivity index (χ1n) is 7.53. The Morgan fingerprint density at radius 3 is 2.72 bits per heavy atom. The number of rotatable bonds is 4. The zero-order valence-electron chi connectivity index (χ0n) is 14.0. The highest BCUT2D eigenvalue weighted by atomic mass is 16.5. The van der Waals surface area contributed by atoms with Crippen LogP contribution in [-0.2, 0) is 7.05 Å². The van der Waals surface area contributed by atoms with Gasteiger partial charge in [0.25, 0.3) is 5.56 Å². The number of hydrogen-bond donors (Lipinski definition) is 3. The first-order valence-corrected chi connectivity index (χ1v) is 7.53. The van der Waals surface area contributed by atoms with Crippen LogP contribution in [0.2, 0.25) is 0 Å². The summed E-state index contributed by atoms with van der Waals surface area (Å²) in [4.78, 5) is 25.8. The molecule has 0 aliphatic carbocycles. The number of aromatic nitrogens is 2. The SMILES string of the molecule is COc1ccc(C2CC(c3c(O)n(C)c(=O)[nH]c3=O)=NN2)c(OC)c1. The number of nitrogens with one attached hydrogen (secondary N) is 2. The fourth-order valence-electron chi connectivity index (χ4n) is 2.75. The minimum Gasteiger partial charge on any atom is -0.497 e. The van der Waals surface area contributed by atoms with Gasteiger partial charge in [-0.1, -0.05) is 0 Å². The summed E-state index contributed by atoms with van der Waals surface area (Å²) in [6, 6.07) is 5.16. The molecule has 0 saturated carbocycles. The molecule has 9 heteroatoms. The zero-order valence-corrected chi connectivity index (χ0v) is 14.0. The number of benzene rings is 1. The lowest BCUT2D eigenvalue weighted by atomic mass is 9.99. The molecule has 0 amide bonds. The molecular weight excluding hydrogens is 328 g/mol. The Balaban J connectivity index is 1.94. The number of ether oxygens (including phenoxy) is 2. The summed E-state index contributed by atoms with van der Waals surface area (Å²) in [5.74, 6) is 0.857. The van der Waals surface area contributed by atoms with E-state index in [0.29, 0.717) is 23.6 Å². The lowest BCUT2D eigenvalue weighted by Gasteiger charge is -2.15. The summed E-state index contributed by atoms with van der Waals surface area (Å²) in [5.41, 5.74) is 2.74. The van der Waals surface area contributed by atoms with Crippen LogP contribution in [0.15, 0.2) is 32.9 Å². The Kier molecular flexibility index (Phi) is 4.22. The fraction of sp³-hybridized carbons (Fsp3) is 0.312. The lowest BCUT2D eigenvalue weighted by Crippen LogP contribution is -2.32. The molecule has 1 aliphatic rings. The van der Waals surface area contributed by atoms with E-state index in [1.165, 1.54) is 7.05 Å². The van der Waals surface area contributed by atoms with E-state index in [4.69, 9.17) is 9.47 Å². The van der Waals surface area contributed by atoms with Crippen molar-refractivity contribution in [2.24, 2.45) is 12.1 Å². The van der Waals surface area contributed by atoms with Gasteiger partial charge in [-0.05, 0) is 12.1 Å². The largest absolute Gasteiger partial charge is 0.497 e. The van der Waals surface area contributed by atoms with Crippen LogP contribution in [0, 0.1) is 0 Å². The first kappa shape index (κ1) is 16.6. The second-order valence-corrected chi connectivity index (χ2v) is 5.57. The molecule has 0 saturated heterocycles. The molecule has 1 atom stereocenters. The summed E-state index contributed by atoms with van der Waals surface area (Å²) in [6.45, 7) is 0. The zero-order chi connectivity index (χ0) is 18.1. The minimum absolute atomic E-state index is 0.0235. The molecule has 9 nitrogen and oxygen atoms in total. The van der Waals surface area contributed by atoms with Crippen molar-refractivity contribution in [3.63, 3.8) is 0 Å². The van der Waals surface area contributed by atoms with Crippen LogP contribution >= 0.6 is 0 Å². The van der Waals surface area contributed by atoms with E-state index in [-0.39, 0.29) is 11.6 Å². The Morgan fingerprint density at radius 2 is 2.04 bits per heavy atom. The van der Waals surface area contributed by atoms with Gasteiger partial charge in [0.2, 0.25) is 5.88 Å². The van der Waals surface area contributed by atoms with Gasteiger partial charge in [0.15, 0.2) is 0 Å². The predicted octanol–water partition coefficient (Wildman–Crippen LogP) is 0.235. The Bertz CT molecular complexity index is 960. The number of methoxy groups -OCH3 is 2. The van der Waals surface area contributed by atoms with Crippen molar-refractivity contribution in [3.05, 3.63) is 50.2 Å². The molecule has 2 heterocycles. The Morgan fingerprint density at radius 1 is 1.28 bits per heavy atom. The molecule has 3 rings (SSSR count). The molecule has 25 heavy (non-hydrogen) atoms. The summed E-state index contributed by atoms with van der Waals surface area (Å²) in [5, 5.41) is 14.3. The van der Waals surface area contributed by atoms with E-state index < -0.39 is 17.1 Å². The summed E-state index contributed by atoms with van der Waals surface area (Å²) < 4.78 is 11.5. The van der Waals surface area contributed by atoms with Crippen LogP contribution in [0.3, 0.4) is 0 Å². The van der Waals surface area contributed by atoms with Gasteiger partial charge in [-0.3, -0.25) is 14.3 Å². The highest BCUT2D eigenvalue weighted by molar-refractivity contribution is 6.03. The maximum atomic E-state index is 12.1. The van der Waals surface area contributed by atoms with E-state index >= 15 is 0 Å². The monoisotopic (exact) mass is 346 g/mol. The van der Waals surface area contributed by atoms with Crippen molar-refractivity contribution in [2.75, 3.05) is 14.2 Å². The number of nitrogens with zero attached hydrogens (tertiary/aromatic N) is 2. The van der Waals surface area contributed by atoms with Gasteiger partial charge in [0.05, 0.1) is 26.0 Å². The second kappa shape index (κ2) is 6.34. The molecule has 0 fully saturated rings. The second-order valence-electron chi connectivity index (χ2n) is 5.57. The molecule has 0 spiro atoms. The van der Waals surface area contributed by atoms with Gasteiger partial charge >= 0.3 is 5.69 Å². The molecule has 0 radical (unpaired) electrons. The standard InChI is InChI=1S/C16H18N4O5/c1-20-15(22)13(14(21)17-16(20)23)11-7-10(18-19-11)9-5-4-8(24-2)6-12(9)25-3/h4-6,10,18,22H,7H2,1-3H3,(H,17,21,23). The Hall–Kier alpha value is -3.23. The van der Waals surface area contributed by atoms with Crippen LogP contribution in [0.5, 0.6) is 17.4 Å². The third-order valence-electron chi connectivity index (χ3n) is 4.15. The van der Waals surface area contributed by atoms with Crippen LogP contribution in [0.1, 0.15) is 23.6 Å². The number of aromatic hydroxyl groups is 1. The number of hydrazone groups is 1. The van der Waals surface area contributed by atoms with Crippen molar-refractivity contribution in [1.29, 1.82) is 0 Å². The summed E-state index contributed by atoms with van der Waals surface area (Å²) in [7, 11) is 4.49. The van der Waals surface area contributed by atoms with Gasteiger partial charge in [-0.2, -0.15) is 5.10 Å². The molecule has 2 aromatic rings. The molecular formula is C16H18N4O5. The highest BCUT2D eigenvalue weighted by Gasteiger charge is 2.28. The average Bonchev–Trinajstić information content (AvgIpc) is 3.08. The lowest BCUT2D eigenvalue weighted by molar-refractivity contribution is 0.386. The van der Waals surface area contributed by atoms with E-state index in [0.717, 1.165) is 10.1 Å². The van der Waals surface area contributed by atoms with Crippen molar-refractivity contribution in [1.82, 2.24) is 15.0 Å². The van der Waals surface area contributed by atoms with Crippen molar-refractivity contribution < 1.29 is 14.6 Å². The minimum atomic E-state index is -0.689. The van der Waals surface area contributed by atoms with Gasteiger partial charge in [-0.25, -0.2) is 4.79 Å². The smallest absolute Gasteiger partial charge is 0.330 e. The van der Waals surface area contributed by atoms with E-state index in [2.05, 4.69) is 15.5 Å². The number of hydrogen-bond acceptors (Lipinski definition) is 7. The van der Waals surface area contributed by atoms with Gasteiger partial charge < -0.3 is 20.0 Å². The van der Waals surface area contributed by atoms with Gasteiger partial charge in [0, 0.05) is 25.1 Å². The molecule has 1 aliphatic heterocycles. The molecule has 1 aromatic carbocycles. The van der Waals surface area contributed by atoms with Crippen LogP contribution in [-0.4, -0.2) is 34.6 Å². The highest BCUT2D eigenvalue weighted by Crippen LogP contribution is 2.34. The number of aromatic amines is 1. The molecule has 0 bridgehead atoms. The molecule has 1 unspecified atom stereocenters. The van der Waals surface area contributed by atoms with Gasteiger partial charge in [0.1, 0.15) is 17.1 Å². The van der Waals surface area contributed by atoms with Crippen LogP contribution in [0.25, 0.3) is 0 Å². The van der Waals surface area contributed by atoms with E-state index in [9.17, 15) is 14.7 Å². The van der Waals surface area contributed by atoms with E-state index in [1.54, 1.807) is 26.4 Å². The topological polar surface area (TPSA) is 118 Å². The summed E-state index contributed by atoms with van der Waals surface area (Å²) >= 11 is 0. The molecule has 1 aromatic heterocycles. The third-order valence-corrected chi connectivity index (χ3v) is 4.15. The van der Waals surface area contributed by atoms with Crippen molar-refractivity contribution >= 4 is 5.71 Å². The predicted molar refractivity (Wildman–Crippen MR) is 90.5 cm³/mol. The number of H-pyrrole nitrogens is 1. The molecule has 132 valence electrons. The van der Waals surface area contributed by atoms with Crippen LogP contribution in [0.4, 0.5) is 0 Å². The maximum Gasteiger partial charge on any atom is 0.330 e. The van der Waals surface area contributed by atoms with Gasteiger partial charge in [-0.15, -0.1) is 0 Å². The Labute approximate surface area is 142 Å². The average molecular weight is 346 g/mol. The molecule has 3 N–H and O–H groups in total. The maximum absolute atomic E-state index is 12.1. The van der Waals surface area contributed by atoms with Crippen LogP contribution < -0.4 is 26.1 Å². The van der Waals surface area contributed by atoms with Crippen molar-refractivity contribution in [2.45, 2.75) is 12.5 Å². The normalized spacial score (nSPS) is 16.3. The van der Waals surface area contributed by atoms with E-state index in [1.807, 2.05) is 6.07 Å².